The highest BCUT2D eigenvalue weighted by molar-refractivity contribution is 6.26. The molecule has 0 unspecified atom stereocenters. The lowest BCUT2D eigenvalue weighted by atomic mass is 9.91. The van der Waals surface area contributed by atoms with Crippen LogP contribution in [0.5, 0.6) is 0 Å². The minimum atomic E-state index is 0.868. The Bertz CT molecular complexity index is 1160. The van der Waals surface area contributed by atoms with Gasteiger partial charge in [0.15, 0.2) is 0 Å². The molecule has 0 fully saturated rings. The van der Waals surface area contributed by atoms with Crippen LogP contribution in [0.1, 0.15) is 5.56 Å². The van der Waals surface area contributed by atoms with Crippen molar-refractivity contribution in [2.75, 3.05) is 5.32 Å². The predicted octanol–water partition coefficient (Wildman–Crippen LogP) is 6.03. The molecular weight excluding hydrogens is 292 g/mol. The zero-order valence-electron chi connectivity index (χ0n) is 13.4. The Balaban J connectivity index is 1.88. The van der Waals surface area contributed by atoms with E-state index in [9.17, 15) is 0 Å². The largest absolute Gasteiger partial charge is 0.340 e. The molecule has 0 spiro atoms. The van der Waals surface area contributed by atoms with Crippen LogP contribution in [-0.2, 0) is 0 Å². The van der Waals surface area contributed by atoms with Gasteiger partial charge in [-0.25, -0.2) is 4.98 Å². The number of benzene rings is 4. The topological polar surface area (TPSA) is 24.9 Å². The lowest BCUT2D eigenvalue weighted by molar-refractivity contribution is 1.31. The molecule has 5 aromatic rings. The zero-order valence-corrected chi connectivity index (χ0v) is 13.4. The Hall–Kier alpha value is -3.13. The van der Waals surface area contributed by atoms with Crippen molar-refractivity contribution < 1.29 is 0 Å². The van der Waals surface area contributed by atoms with Gasteiger partial charge >= 0.3 is 0 Å². The van der Waals surface area contributed by atoms with Crippen molar-refractivity contribution in [3.05, 3.63) is 78.5 Å². The second-order valence-electron chi connectivity index (χ2n) is 6.26. The van der Waals surface area contributed by atoms with Gasteiger partial charge in [0.2, 0.25) is 0 Å². The zero-order chi connectivity index (χ0) is 16.1. The third-order valence-corrected chi connectivity index (χ3v) is 4.78. The number of aryl methyl sites for hydroxylation is 1. The molecule has 1 N–H and O–H groups in total. The van der Waals surface area contributed by atoms with Crippen LogP contribution in [0.25, 0.3) is 32.3 Å². The Kier molecular flexibility index (Phi) is 2.74. The van der Waals surface area contributed by atoms with Crippen LogP contribution in [-0.4, -0.2) is 4.98 Å². The molecule has 0 radical (unpaired) electrons. The van der Waals surface area contributed by atoms with Crippen LogP contribution in [0.2, 0.25) is 0 Å². The fourth-order valence-corrected chi connectivity index (χ4v) is 3.69. The predicted molar refractivity (Wildman–Crippen MR) is 102 cm³/mol. The van der Waals surface area contributed by atoms with Gasteiger partial charge in [0, 0.05) is 17.3 Å². The quantitative estimate of drug-likeness (QED) is 0.403. The molecule has 114 valence electrons. The van der Waals surface area contributed by atoms with Gasteiger partial charge in [0.05, 0.1) is 0 Å². The van der Waals surface area contributed by atoms with Crippen LogP contribution in [0.3, 0.4) is 0 Å². The molecule has 4 aromatic carbocycles. The summed E-state index contributed by atoms with van der Waals surface area (Å²) in [6, 6.07) is 23.5. The molecule has 0 bridgehead atoms. The molecule has 2 nitrogen and oxygen atoms in total. The lowest BCUT2D eigenvalue weighted by Gasteiger charge is -2.16. The maximum Gasteiger partial charge on any atom is 0.130 e. The lowest BCUT2D eigenvalue weighted by Crippen LogP contribution is -1.96. The highest BCUT2D eigenvalue weighted by Crippen LogP contribution is 2.39. The molecule has 0 saturated carbocycles. The first kappa shape index (κ1) is 13.3. The highest BCUT2D eigenvalue weighted by atomic mass is 15.0. The first-order chi connectivity index (χ1) is 11.8. The Labute approximate surface area is 140 Å². The van der Waals surface area contributed by atoms with Crippen molar-refractivity contribution in [2.45, 2.75) is 6.92 Å². The standard InChI is InChI=1S/C22H16N2/c1-14-13-19(24-20-7-2-3-12-23-20)18-11-9-16-6-4-5-15-8-10-17(14)22(18)21(15)16/h2-13H,1H3,(H,23,24). The monoisotopic (exact) mass is 308 g/mol. The van der Waals surface area contributed by atoms with E-state index in [0.717, 1.165) is 11.5 Å². The molecule has 1 heterocycles. The van der Waals surface area contributed by atoms with Crippen LogP contribution in [0.15, 0.2) is 72.9 Å². The van der Waals surface area contributed by atoms with Gasteiger partial charge in [-0.15, -0.1) is 0 Å². The molecule has 1 aromatic heterocycles. The second kappa shape index (κ2) is 4.93. The van der Waals surface area contributed by atoms with Gasteiger partial charge in [-0.2, -0.15) is 0 Å². The van der Waals surface area contributed by atoms with Crippen molar-refractivity contribution in [1.82, 2.24) is 4.98 Å². The first-order valence-electron chi connectivity index (χ1n) is 8.16. The van der Waals surface area contributed by atoms with Crippen molar-refractivity contribution in [3.8, 4) is 0 Å². The Morgan fingerprint density at radius 2 is 1.54 bits per heavy atom. The number of pyridine rings is 1. The molecular formula is C22H16N2. The summed E-state index contributed by atoms with van der Waals surface area (Å²) in [5.74, 6) is 0.868. The van der Waals surface area contributed by atoms with E-state index in [-0.39, 0.29) is 0 Å². The minimum absolute atomic E-state index is 0.868. The van der Waals surface area contributed by atoms with Gasteiger partial charge in [0.25, 0.3) is 0 Å². The van der Waals surface area contributed by atoms with E-state index in [1.54, 1.807) is 0 Å². The smallest absolute Gasteiger partial charge is 0.130 e. The van der Waals surface area contributed by atoms with Gasteiger partial charge in [0.1, 0.15) is 5.82 Å². The van der Waals surface area contributed by atoms with Gasteiger partial charge in [-0.1, -0.05) is 48.5 Å². The molecule has 0 atom stereocenters. The van der Waals surface area contributed by atoms with E-state index >= 15 is 0 Å². The maximum absolute atomic E-state index is 4.40. The van der Waals surface area contributed by atoms with E-state index in [4.69, 9.17) is 0 Å². The van der Waals surface area contributed by atoms with E-state index < -0.39 is 0 Å². The normalized spacial score (nSPS) is 11.5. The number of anilines is 2. The molecule has 0 saturated heterocycles. The third-order valence-electron chi connectivity index (χ3n) is 4.78. The summed E-state index contributed by atoms with van der Waals surface area (Å²) in [5, 5.41) is 11.3. The van der Waals surface area contributed by atoms with Crippen LogP contribution in [0.4, 0.5) is 11.5 Å². The van der Waals surface area contributed by atoms with Crippen LogP contribution < -0.4 is 5.32 Å². The number of nitrogens with one attached hydrogen (secondary N) is 1. The Morgan fingerprint density at radius 3 is 2.29 bits per heavy atom. The third kappa shape index (κ3) is 1.86. The summed E-state index contributed by atoms with van der Waals surface area (Å²) in [5.41, 5.74) is 2.39. The summed E-state index contributed by atoms with van der Waals surface area (Å²) < 4.78 is 0. The average Bonchev–Trinajstić information content (AvgIpc) is 2.62. The summed E-state index contributed by atoms with van der Waals surface area (Å²) in [6.45, 7) is 2.18. The molecule has 0 aliphatic rings. The van der Waals surface area contributed by atoms with Crippen LogP contribution >= 0.6 is 0 Å². The summed E-state index contributed by atoms with van der Waals surface area (Å²) in [7, 11) is 0. The minimum Gasteiger partial charge on any atom is -0.340 e. The maximum atomic E-state index is 4.40. The Morgan fingerprint density at radius 1 is 0.750 bits per heavy atom. The fraction of sp³-hybridized carbons (Fsp3) is 0.0455. The van der Waals surface area contributed by atoms with E-state index in [1.165, 1.54) is 37.9 Å². The van der Waals surface area contributed by atoms with Crippen molar-refractivity contribution in [2.24, 2.45) is 0 Å². The number of hydrogen-bond acceptors (Lipinski definition) is 2. The molecule has 2 heteroatoms. The van der Waals surface area contributed by atoms with Crippen molar-refractivity contribution >= 4 is 43.8 Å². The number of rotatable bonds is 2. The van der Waals surface area contributed by atoms with E-state index in [2.05, 4.69) is 65.8 Å². The molecule has 5 rings (SSSR count). The molecule has 0 amide bonds. The summed E-state index contributed by atoms with van der Waals surface area (Å²) in [6.07, 6.45) is 1.81. The average molecular weight is 308 g/mol. The molecule has 0 aliphatic heterocycles. The number of hydrogen-bond donors (Lipinski definition) is 1. The summed E-state index contributed by atoms with van der Waals surface area (Å²) >= 11 is 0. The van der Waals surface area contributed by atoms with Gasteiger partial charge in [-0.05, 0) is 57.6 Å². The molecule has 0 aliphatic carbocycles. The highest BCUT2D eigenvalue weighted by Gasteiger charge is 2.13. The SMILES string of the molecule is Cc1cc(Nc2ccccn2)c2ccc3cccc4ccc1c2c43. The molecule has 24 heavy (non-hydrogen) atoms. The van der Waals surface area contributed by atoms with Crippen molar-refractivity contribution in [1.29, 1.82) is 0 Å². The van der Waals surface area contributed by atoms with E-state index in [1.807, 2.05) is 24.4 Å². The fourth-order valence-electron chi connectivity index (χ4n) is 3.69. The second-order valence-corrected chi connectivity index (χ2v) is 6.26. The first-order valence-corrected chi connectivity index (χ1v) is 8.16. The summed E-state index contributed by atoms with van der Waals surface area (Å²) in [4.78, 5) is 4.40. The van der Waals surface area contributed by atoms with Crippen molar-refractivity contribution in [3.63, 3.8) is 0 Å². The van der Waals surface area contributed by atoms with E-state index in [0.29, 0.717) is 0 Å². The van der Waals surface area contributed by atoms with Crippen LogP contribution in [0, 0.1) is 6.92 Å². The number of aromatic nitrogens is 1. The van der Waals surface area contributed by atoms with Gasteiger partial charge < -0.3 is 5.32 Å². The number of nitrogens with zero attached hydrogens (tertiary/aromatic N) is 1. The van der Waals surface area contributed by atoms with Gasteiger partial charge in [-0.3, -0.25) is 0 Å².